The van der Waals surface area contributed by atoms with Gasteiger partial charge >= 0.3 is 0 Å². The lowest BCUT2D eigenvalue weighted by atomic mass is 9.99. The monoisotopic (exact) mass is 436 g/mol. The SMILES string of the molecule is CC(C)(CN)Oc1cccc(-n2cc(-c3ccccn3)cc(-c3ccccc3C#N)c2=O)c1. The molecule has 164 valence electrons. The van der Waals surface area contributed by atoms with Crippen LogP contribution >= 0.6 is 0 Å². The topological polar surface area (TPSA) is 93.9 Å². The molecule has 0 aliphatic heterocycles. The van der Waals surface area contributed by atoms with Crippen molar-refractivity contribution < 1.29 is 4.74 Å². The molecule has 0 unspecified atom stereocenters. The Morgan fingerprint density at radius 1 is 1.03 bits per heavy atom. The van der Waals surface area contributed by atoms with Crippen molar-refractivity contribution in [2.45, 2.75) is 19.4 Å². The number of nitrogens with zero attached hydrogens (tertiary/aromatic N) is 3. The van der Waals surface area contributed by atoms with Crippen LogP contribution in [0.5, 0.6) is 5.75 Å². The summed E-state index contributed by atoms with van der Waals surface area (Å²) in [5.41, 5.74) is 8.57. The van der Waals surface area contributed by atoms with Crippen LogP contribution in [0.4, 0.5) is 0 Å². The van der Waals surface area contributed by atoms with Crippen LogP contribution in [0.3, 0.4) is 0 Å². The van der Waals surface area contributed by atoms with Gasteiger partial charge in [-0.15, -0.1) is 0 Å². The minimum atomic E-state index is -0.545. The van der Waals surface area contributed by atoms with E-state index in [0.29, 0.717) is 34.7 Å². The highest BCUT2D eigenvalue weighted by atomic mass is 16.5. The summed E-state index contributed by atoms with van der Waals surface area (Å²) in [6.45, 7) is 4.16. The highest BCUT2D eigenvalue weighted by molar-refractivity contribution is 5.75. The van der Waals surface area contributed by atoms with Gasteiger partial charge in [-0.1, -0.05) is 30.3 Å². The first kappa shape index (κ1) is 22.0. The van der Waals surface area contributed by atoms with Crippen LogP contribution in [0.2, 0.25) is 0 Å². The van der Waals surface area contributed by atoms with E-state index in [9.17, 15) is 10.1 Å². The van der Waals surface area contributed by atoms with E-state index in [2.05, 4.69) is 11.1 Å². The van der Waals surface area contributed by atoms with Gasteiger partial charge < -0.3 is 10.5 Å². The molecule has 0 aliphatic carbocycles. The number of aromatic nitrogens is 2. The number of nitriles is 1. The van der Waals surface area contributed by atoms with E-state index in [1.807, 2.05) is 56.3 Å². The molecular formula is C27H24N4O2. The van der Waals surface area contributed by atoms with Crippen molar-refractivity contribution in [1.82, 2.24) is 9.55 Å². The van der Waals surface area contributed by atoms with Gasteiger partial charge in [-0.25, -0.2) is 0 Å². The number of benzene rings is 2. The fourth-order valence-electron chi connectivity index (χ4n) is 3.51. The van der Waals surface area contributed by atoms with Crippen molar-refractivity contribution in [2.24, 2.45) is 5.73 Å². The average Bonchev–Trinajstić information content (AvgIpc) is 2.84. The minimum absolute atomic E-state index is 0.243. The lowest BCUT2D eigenvalue weighted by Crippen LogP contribution is -2.37. The number of nitrogens with two attached hydrogens (primary N) is 1. The van der Waals surface area contributed by atoms with Gasteiger partial charge in [-0.2, -0.15) is 5.26 Å². The zero-order chi connectivity index (χ0) is 23.4. The molecule has 0 saturated heterocycles. The molecule has 0 radical (unpaired) electrons. The van der Waals surface area contributed by atoms with Crippen molar-refractivity contribution >= 4 is 0 Å². The van der Waals surface area contributed by atoms with E-state index in [1.54, 1.807) is 47.3 Å². The second kappa shape index (κ2) is 9.11. The Labute approximate surface area is 192 Å². The Hall–Kier alpha value is -4.21. The maximum Gasteiger partial charge on any atom is 0.263 e. The number of pyridine rings is 2. The van der Waals surface area contributed by atoms with Crippen molar-refractivity contribution in [3.63, 3.8) is 0 Å². The van der Waals surface area contributed by atoms with Gasteiger partial charge in [-0.05, 0) is 50.2 Å². The zero-order valence-corrected chi connectivity index (χ0v) is 18.5. The van der Waals surface area contributed by atoms with Crippen LogP contribution in [0.1, 0.15) is 19.4 Å². The summed E-state index contributed by atoms with van der Waals surface area (Å²) in [5.74, 6) is 0.608. The van der Waals surface area contributed by atoms with Crippen molar-refractivity contribution in [3.8, 4) is 39.9 Å². The molecule has 6 heteroatoms. The normalized spacial score (nSPS) is 11.1. The first-order valence-electron chi connectivity index (χ1n) is 10.6. The lowest BCUT2D eigenvalue weighted by molar-refractivity contribution is 0.119. The molecule has 2 aromatic carbocycles. The third-order valence-corrected chi connectivity index (χ3v) is 5.30. The Morgan fingerprint density at radius 3 is 2.55 bits per heavy atom. The summed E-state index contributed by atoms with van der Waals surface area (Å²) >= 11 is 0. The highest BCUT2D eigenvalue weighted by Crippen LogP contribution is 2.27. The van der Waals surface area contributed by atoms with Crippen LogP contribution < -0.4 is 16.0 Å². The molecular weight excluding hydrogens is 412 g/mol. The molecule has 2 aromatic heterocycles. The first-order chi connectivity index (χ1) is 15.9. The smallest absolute Gasteiger partial charge is 0.263 e. The average molecular weight is 437 g/mol. The fraction of sp³-hybridized carbons (Fsp3) is 0.148. The Morgan fingerprint density at radius 2 is 1.82 bits per heavy atom. The predicted molar refractivity (Wildman–Crippen MR) is 129 cm³/mol. The van der Waals surface area contributed by atoms with Gasteiger partial charge in [0.05, 0.1) is 23.0 Å². The van der Waals surface area contributed by atoms with E-state index in [-0.39, 0.29) is 5.56 Å². The molecule has 0 saturated carbocycles. The van der Waals surface area contributed by atoms with Gasteiger partial charge in [0.2, 0.25) is 0 Å². The van der Waals surface area contributed by atoms with Gasteiger partial charge in [0.25, 0.3) is 5.56 Å². The van der Waals surface area contributed by atoms with Crippen molar-refractivity contribution in [1.29, 1.82) is 5.26 Å². The summed E-state index contributed by atoms with van der Waals surface area (Å²) in [6, 6.07) is 24.0. The molecule has 2 N–H and O–H groups in total. The highest BCUT2D eigenvalue weighted by Gasteiger charge is 2.19. The Bertz CT molecular complexity index is 1390. The molecule has 4 aromatic rings. The summed E-state index contributed by atoms with van der Waals surface area (Å²) < 4.78 is 7.59. The number of hydrogen-bond acceptors (Lipinski definition) is 5. The molecule has 0 bridgehead atoms. The van der Waals surface area contributed by atoms with E-state index in [4.69, 9.17) is 10.5 Å². The zero-order valence-electron chi connectivity index (χ0n) is 18.5. The molecule has 0 aliphatic rings. The third-order valence-electron chi connectivity index (χ3n) is 5.30. The fourth-order valence-corrected chi connectivity index (χ4v) is 3.51. The second-order valence-electron chi connectivity index (χ2n) is 8.25. The van der Waals surface area contributed by atoms with Crippen LogP contribution in [0, 0.1) is 11.3 Å². The molecule has 4 rings (SSSR count). The molecule has 33 heavy (non-hydrogen) atoms. The first-order valence-corrected chi connectivity index (χ1v) is 10.6. The maximum absolute atomic E-state index is 13.6. The predicted octanol–water partition coefficient (Wildman–Crippen LogP) is 4.55. The Kier molecular flexibility index (Phi) is 6.07. The molecule has 0 spiro atoms. The maximum atomic E-state index is 13.6. The van der Waals surface area contributed by atoms with E-state index < -0.39 is 5.60 Å². The quantitative estimate of drug-likeness (QED) is 0.478. The lowest BCUT2D eigenvalue weighted by Gasteiger charge is -2.25. The summed E-state index contributed by atoms with van der Waals surface area (Å²) in [7, 11) is 0. The van der Waals surface area contributed by atoms with Crippen LogP contribution in [0.15, 0.2) is 90.0 Å². The number of rotatable bonds is 6. The largest absolute Gasteiger partial charge is 0.486 e. The van der Waals surface area contributed by atoms with Crippen LogP contribution in [0.25, 0.3) is 28.1 Å². The van der Waals surface area contributed by atoms with E-state index in [1.165, 1.54) is 0 Å². The third kappa shape index (κ3) is 4.69. The van der Waals surface area contributed by atoms with Gasteiger partial charge in [0, 0.05) is 41.7 Å². The van der Waals surface area contributed by atoms with Crippen molar-refractivity contribution in [3.05, 3.63) is 101 Å². The van der Waals surface area contributed by atoms with E-state index in [0.717, 1.165) is 11.3 Å². The number of ether oxygens (including phenoxy) is 1. The Balaban J connectivity index is 1.94. The molecule has 2 heterocycles. The molecule has 0 amide bonds. The second-order valence-corrected chi connectivity index (χ2v) is 8.25. The van der Waals surface area contributed by atoms with Crippen LogP contribution in [-0.2, 0) is 0 Å². The summed E-state index contributed by atoms with van der Waals surface area (Å²) in [6.07, 6.45) is 3.47. The molecule has 0 atom stereocenters. The van der Waals surface area contributed by atoms with E-state index >= 15 is 0 Å². The molecule has 0 fully saturated rings. The number of hydrogen-bond donors (Lipinski definition) is 1. The van der Waals surface area contributed by atoms with Gasteiger partial charge in [0.1, 0.15) is 11.4 Å². The van der Waals surface area contributed by atoms with Crippen molar-refractivity contribution in [2.75, 3.05) is 6.54 Å². The summed E-state index contributed by atoms with van der Waals surface area (Å²) in [4.78, 5) is 18.1. The summed E-state index contributed by atoms with van der Waals surface area (Å²) in [5, 5.41) is 9.61. The standard InChI is InChI=1S/C27H24N4O2/c1-27(2,18-29)33-22-10-7-9-21(15-22)31-17-20(25-12-5-6-13-30-25)14-24(26(31)32)23-11-4-3-8-19(23)16-28/h3-15,17H,18,29H2,1-2H3. The molecule has 6 nitrogen and oxygen atoms in total. The van der Waals surface area contributed by atoms with Gasteiger partial charge in [0.15, 0.2) is 0 Å². The van der Waals surface area contributed by atoms with Crippen LogP contribution in [-0.4, -0.2) is 21.7 Å². The minimum Gasteiger partial charge on any atom is -0.486 e. The van der Waals surface area contributed by atoms with Gasteiger partial charge in [-0.3, -0.25) is 14.3 Å².